The first-order valence-electron chi connectivity index (χ1n) is 10.7. The van der Waals surface area contributed by atoms with Crippen molar-refractivity contribution in [3.63, 3.8) is 0 Å². The number of hydrogen-bond acceptors (Lipinski definition) is 6. The van der Waals surface area contributed by atoms with Gasteiger partial charge in [0.1, 0.15) is 12.7 Å². The van der Waals surface area contributed by atoms with Crippen LogP contribution in [-0.2, 0) is 13.1 Å². The molecule has 5 aromatic rings. The van der Waals surface area contributed by atoms with Gasteiger partial charge in [0.25, 0.3) is 5.91 Å². The summed E-state index contributed by atoms with van der Waals surface area (Å²) in [4.78, 5) is 23.0. The van der Waals surface area contributed by atoms with Crippen molar-refractivity contribution in [3.8, 4) is 10.6 Å². The van der Waals surface area contributed by atoms with Gasteiger partial charge in [0.05, 0.1) is 34.3 Å². The summed E-state index contributed by atoms with van der Waals surface area (Å²) in [6, 6.07) is 14.1. The number of carbonyl (C=O) groups is 1. The third kappa shape index (κ3) is 4.40. The second-order valence-corrected chi connectivity index (χ2v) is 8.99. The maximum atomic E-state index is 13.2. The minimum absolute atomic E-state index is 0.139. The number of aromatic nitrogens is 6. The van der Waals surface area contributed by atoms with Crippen molar-refractivity contribution in [1.29, 1.82) is 0 Å². The molecule has 0 saturated carbocycles. The number of rotatable bonds is 7. The summed E-state index contributed by atoms with van der Waals surface area (Å²) in [6.45, 7) is 5.20. The van der Waals surface area contributed by atoms with Crippen LogP contribution in [0.3, 0.4) is 0 Å². The van der Waals surface area contributed by atoms with Crippen molar-refractivity contribution in [2.24, 2.45) is 0 Å². The van der Waals surface area contributed by atoms with Gasteiger partial charge in [0.15, 0.2) is 5.65 Å². The van der Waals surface area contributed by atoms with Gasteiger partial charge in [-0.05, 0) is 42.5 Å². The van der Waals surface area contributed by atoms with Crippen molar-refractivity contribution in [3.05, 3.63) is 83.4 Å². The third-order valence-electron chi connectivity index (χ3n) is 5.36. The molecule has 0 aliphatic rings. The maximum Gasteiger partial charge on any atom is 0.252 e. The summed E-state index contributed by atoms with van der Waals surface area (Å²) in [5, 5.41) is 14.4. The van der Waals surface area contributed by atoms with E-state index in [1.807, 2.05) is 52.5 Å². The Kier molecular flexibility index (Phi) is 5.70. The summed E-state index contributed by atoms with van der Waals surface area (Å²) in [6.07, 6.45) is 4.94. The van der Waals surface area contributed by atoms with Crippen LogP contribution in [0.25, 0.3) is 21.6 Å². The molecule has 0 unspecified atom stereocenters. The fourth-order valence-electron chi connectivity index (χ4n) is 3.68. The van der Waals surface area contributed by atoms with E-state index < -0.39 is 0 Å². The van der Waals surface area contributed by atoms with Crippen LogP contribution in [0, 0.1) is 0 Å². The van der Waals surface area contributed by atoms with Gasteiger partial charge in [-0.3, -0.25) is 4.79 Å². The molecule has 0 spiro atoms. The van der Waals surface area contributed by atoms with Gasteiger partial charge >= 0.3 is 0 Å². The van der Waals surface area contributed by atoms with Crippen LogP contribution in [-0.4, -0.2) is 35.4 Å². The molecule has 1 amide bonds. The average molecular weight is 458 g/mol. The molecule has 4 aromatic heterocycles. The second kappa shape index (κ2) is 8.95. The molecule has 166 valence electrons. The maximum absolute atomic E-state index is 13.2. The lowest BCUT2D eigenvalue weighted by Crippen LogP contribution is -2.23. The Morgan fingerprint density at radius 2 is 1.94 bits per heavy atom. The van der Waals surface area contributed by atoms with E-state index in [0.717, 1.165) is 32.7 Å². The first kappa shape index (κ1) is 21.0. The molecule has 4 heterocycles. The zero-order valence-corrected chi connectivity index (χ0v) is 19.2. The Balaban J connectivity index is 1.37. The highest BCUT2D eigenvalue weighted by molar-refractivity contribution is 7.13. The zero-order valence-electron chi connectivity index (χ0n) is 18.3. The van der Waals surface area contributed by atoms with E-state index in [4.69, 9.17) is 4.98 Å². The largest absolute Gasteiger partial charge is 0.348 e. The molecule has 8 nitrogen and oxygen atoms in total. The number of fused-ring (bicyclic) bond motifs is 1. The molecule has 1 aromatic carbocycles. The quantitative estimate of drug-likeness (QED) is 0.393. The van der Waals surface area contributed by atoms with Crippen LogP contribution >= 0.6 is 11.3 Å². The van der Waals surface area contributed by atoms with Crippen LogP contribution in [0.15, 0.2) is 66.7 Å². The van der Waals surface area contributed by atoms with Crippen molar-refractivity contribution in [2.45, 2.75) is 33.0 Å². The Hall–Kier alpha value is -3.85. The van der Waals surface area contributed by atoms with Crippen LogP contribution in [0.5, 0.6) is 0 Å². The standard InChI is InChI=1S/C24H23N7OS/c1-16(2)31-23-20(12-27-31)19(10-21(29-23)22-4-3-9-33-22)24(32)26-11-17-5-7-18(8-6-17)13-30-15-25-14-28-30/h3-10,12,14-16H,11,13H2,1-2H3,(H,26,32). The molecule has 9 heteroatoms. The molecule has 0 atom stereocenters. The number of carbonyl (C=O) groups excluding carboxylic acids is 1. The monoisotopic (exact) mass is 457 g/mol. The highest BCUT2D eigenvalue weighted by Gasteiger charge is 2.18. The Morgan fingerprint density at radius 3 is 2.64 bits per heavy atom. The van der Waals surface area contributed by atoms with E-state index in [1.165, 1.54) is 6.33 Å². The topological polar surface area (TPSA) is 90.5 Å². The summed E-state index contributed by atoms with van der Waals surface area (Å²) >= 11 is 1.60. The number of hydrogen-bond donors (Lipinski definition) is 1. The molecule has 0 fully saturated rings. The highest BCUT2D eigenvalue weighted by atomic mass is 32.1. The average Bonchev–Trinajstić information content (AvgIpc) is 3.59. The summed E-state index contributed by atoms with van der Waals surface area (Å²) in [7, 11) is 0. The normalized spacial score (nSPS) is 11.4. The zero-order chi connectivity index (χ0) is 22.8. The number of pyridine rings is 1. The number of thiophene rings is 1. The van der Waals surface area contributed by atoms with Gasteiger partial charge in [0, 0.05) is 12.6 Å². The van der Waals surface area contributed by atoms with Crippen molar-refractivity contribution in [1.82, 2.24) is 34.8 Å². The molecule has 0 radical (unpaired) electrons. The molecule has 0 aliphatic heterocycles. The predicted molar refractivity (Wildman–Crippen MR) is 128 cm³/mol. The lowest BCUT2D eigenvalue weighted by atomic mass is 10.1. The van der Waals surface area contributed by atoms with Crippen molar-refractivity contribution >= 4 is 28.3 Å². The summed E-state index contributed by atoms with van der Waals surface area (Å²) in [5.41, 5.74) is 4.22. The van der Waals surface area contributed by atoms with Gasteiger partial charge in [0.2, 0.25) is 0 Å². The van der Waals surface area contributed by atoms with Gasteiger partial charge in [-0.2, -0.15) is 10.2 Å². The van der Waals surface area contributed by atoms with E-state index in [1.54, 1.807) is 28.5 Å². The molecule has 0 bridgehead atoms. The summed E-state index contributed by atoms with van der Waals surface area (Å²) in [5.74, 6) is -0.143. The van der Waals surface area contributed by atoms with E-state index in [2.05, 4.69) is 34.3 Å². The molecular weight excluding hydrogens is 434 g/mol. The Bertz CT molecular complexity index is 1370. The minimum atomic E-state index is -0.143. The molecular formula is C24H23N7OS. The number of benzene rings is 1. The fraction of sp³-hybridized carbons (Fsp3) is 0.208. The Morgan fingerprint density at radius 1 is 1.12 bits per heavy atom. The Labute approximate surface area is 194 Å². The van der Waals surface area contributed by atoms with Crippen molar-refractivity contribution in [2.75, 3.05) is 0 Å². The van der Waals surface area contributed by atoms with Gasteiger partial charge in [-0.15, -0.1) is 11.3 Å². The predicted octanol–water partition coefficient (Wildman–Crippen LogP) is 4.31. The van der Waals surface area contributed by atoms with E-state index in [0.29, 0.717) is 18.7 Å². The second-order valence-electron chi connectivity index (χ2n) is 8.04. The van der Waals surface area contributed by atoms with Gasteiger partial charge in [-0.25, -0.2) is 19.3 Å². The minimum Gasteiger partial charge on any atom is -0.348 e. The molecule has 0 aliphatic carbocycles. The number of nitrogens with one attached hydrogen (secondary N) is 1. The van der Waals surface area contributed by atoms with E-state index in [-0.39, 0.29) is 11.9 Å². The SMILES string of the molecule is CC(C)n1ncc2c(C(=O)NCc3ccc(Cn4cncn4)cc3)cc(-c3cccs3)nc21. The lowest BCUT2D eigenvalue weighted by Gasteiger charge is -2.11. The first-order chi connectivity index (χ1) is 16.1. The molecule has 33 heavy (non-hydrogen) atoms. The van der Waals surface area contributed by atoms with Crippen LogP contribution in [0.4, 0.5) is 0 Å². The van der Waals surface area contributed by atoms with E-state index in [9.17, 15) is 4.79 Å². The van der Waals surface area contributed by atoms with Crippen LogP contribution in [0.2, 0.25) is 0 Å². The molecule has 5 rings (SSSR count). The first-order valence-corrected chi connectivity index (χ1v) is 11.6. The third-order valence-corrected chi connectivity index (χ3v) is 6.25. The lowest BCUT2D eigenvalue weighted by molar-refractivity contribution is 0.0952. The van der Waals surface area contributed by atoms with Crippen molar-refractivity contribution < 1.29 is 4.79 Å². The van der Waals surface area contributed by atoms with Crippen LogP contribution < -0.4 is 5.32 Å². The van der Waals surface area contributed by atoms with Crippen LogP contribution in [0.1, 0.15) is 41.4 Å². The van der Waals surface area contributed by atoms with Gasteiger partial charge < -0.3 is 5.32 Å². The highest BCUT2D eigenvalue weighted by Crippen LogP contribution is 2.29. The fourth-order valence-corrected chi connectivity index (χ4v) is 4.36. The molecule has 1 N–H and O–H groups in total. The van der Waals surface area contributed by atoms with E-state index >= 15 is 0 Å². The number of nitrogens with zero attached hydrogens (tertiary/aromatic N) is 6. The number of amides is 1. The summed E-state index contributed by atoms with van der Waals surface area (Å²) < 4.78 is 3.63. The molecule has 0 saturated heterocycles. The van der Waals surface area contributed by atoms with Gasteiger partial charge in [-0.1, -0.05) is 30.3 Å². The smallest absolute Gasteiger partial charge is 0.252 e.